The number of ether oxygens (including phenoxy) is 2. The van der Waals surface area contributed by atoms with Crippen molar-refractivity contribution in [2.24, 2.45) is 0 Å². The van der Waals surface area contributed by atoms with Crippen LogP contribution in [-0.2, 0) is 19.1 Å². The highest BCUT2D eigenvalue weighted by Crippen LogP contribution is 2.28. The summed E-state index contributed by atoms with van der Waals surface area (Å²) < 4.78 is 11.0. The van der Waals surface area contributed by atoms with Gasteiger partial charge in [0.15, 0.2) is 0 Å². The van der Waals surface area contributed by atoms with Gasteiger partial charge in [0.2, 0.25) is 11.8 Å². The molecular weight excluding hydrogens is 260 g/mol. The van der Waals surface area contributed by atoms with Crippen LogP contribution in [0.2, 0.25) is 0 Å². The highest BCUT2D eigenvalue weighted by Gasteiger charge is 2.43. The van der Waals surface area contributed by atoms with E-state index in [0.717, 1.165) is 25.8 Å². The van der Waals surface area contributed by atoms with Gasteiger partial charge in [-0.2, -0.15) is 0 Å². The Morgan fingerprint density at radius 2 is 2.25 bits per heavy atom. The van der Waals surface area contributed by atoms with Crippen molar-refractivity contribution in [3.05, 3.63) is 0 Å². The van der Waals surface area contributed by atoms with Crippen LogP contribution in [0.4, 0.5) is 0 Å². The van der Waals surface area contributed by atoms with Crippen molar-refractivity contribution in [3.8, 4) is 0 Å². The van der Waals surface area contributed by atoms with Crippen molar-refractivity contribution in [3.63, 3.8) is 0 Å². The van der Waals surface area contributed by atoms with Crippen LogP contribution in [0.3, 0.4) is 0 Å². The van der Waals surface area contributed by atoms with Crippen LogP contribution < -0.4 is 0 Å². The molecule has 6 heteroatoms. The van der Waals surface area contributed by atoms with Crippen LogP contribution in [0.15, 0.2) is 0 Å². The van der Waals surface area contributed by atoms with Crippen molar-refractivity contribution < 1.29 is 19.1 Å². The molecule has 0 aromatic heterocycles. The molecule has 0 saturated carbocycles. The fourth-order valence-electron chi connectivity index (χ4n) is 3.46. The number of amides is 2. The van der Waals surface area contributed by atoms with Gasteiger partial charge in [-0.05, 0) is 12.8 Å². The SMILES string of the molecule is COC1(CN2CCC(=O)N3CCCC3C2=O)CCOC1. The number of rotatable bonds is 3. The molecule has 0 aromatic carbocycles. The average Bonchev–Trinajstić information content (AvgIpc) is 3.09. The van der Waals surface area contributed by atoms with Gasteiger partial charge in [-0.15, -0.1) is 0 Å². The van der Waals surface area contributed by atoms with Crippen molar-refractivity contribution in [2.75, 3.05) is 40.0 Å². The summed E-state index contributed by atoms with van der Waals surface area (Å²) in [6, 6.07) is -0.249. The molecule has 20 heavy (non-hydrogen) atoms. The standard InChI is InChI=1S/C14H22N2O4/c1-19-14(5-8-20-10-14)9-15-7-4-12(17)16-6-2-3-11(16)13(15)18/h11H,2-10H2,1H3. The van der Waals surface area contributed by atoms with Crippen molar-refractivity contribution in [1.82, 2.24) is 9.80 Å². The summed E-state index contributed by atoms with van der Waals surface area (Å²) in [5.74, 6) is 0.189. The Hall–Kier alpha value is -1.14. The lowest BCUT2D eigenvalue weighted by Gasteiger charge is -2.33. The molecule has 0 spiro atoms. The number of nitrogens with zero attached hydrogens (tertiary/aromatic N) is 2. The van der Waals surface area contributed by atoms with Crippen LogP contribution in [0, 0.1) is 0 Å². The fraction of sp³-hybridized carbons (Fsp3) is 0.857. The second kappa shape index (κ2) is 5.33. The maximum absolute atomic E-state index is 12.7. The maximum Gasteiger partial charge on any atom is 0.245 e. The molecule has 0 radical (unpaired) electrons. The zero-order valence-corrected chi connectivity index (χ0v) is 12.0. The van der Waals surface area contributed by atoms with Gasteiger partial charge >= 0.3 is 0 Å². The summed E-state index contributed by atoms with van der Waals surface area (Å²) >= 11 is 0. The van der Waals surface area contributed by atoms with E-state index < -0.39 is 5.60 Å². The summed E-state index contributed by atoms with van der Waals surface area (Å²) in [5, 5.41) is 0. The Morgan fingerprint density at radius 3 is 2.95 bits per heavy atom. The van der Waals surface area contributed by atoms with Gasteiger partial charge in [0.1, 0.15) is 11.6 Å². The maximum atomic E-state index is 12.7. The summed E-state index contributed by atoms with van der Waals surface area (Å²) in [6.45, 7) is 2.94. The molecular formula is C14H22N2O4. The minimum atomic E-state index is -0.396. The third kappa shape index (κ3) is 2.31. The van der Waals surface area contributed by atoms with Crippen LogP contribution in [0.1, 0.15) is 25.7 Å². The zero-order valence-electron chi connectivity index (χ0n) is 12.0. The first-order valence-electron chi connectivity index (χ1n) is 7.36. The van der Waals surface area contributed by atoms with Crippen molar-refractivity contribution >= 4 is 11.8 Å². The van der Waals surface area contributed by atoms with E-state index in [4.69, 9.17) is 9.47 Å². The van der Waals surface area contributed by atoms with Crippen molar-refractivity contribution in [2.45, 2.75) is 37.3 Å². The highest BCUT2D eigenvalue weighted by atomic mass is 16.5. The van der Waals surface area contributed by atoms with Crippen LogP contribution in [0.25, 0.3) is 0 Å². The van der Waals surface area contributed by atoms with Gasteiger partial charge < -0.3 is 19.3 Å². The summed E-state index contributed by atoms with van der Waals surface area (Å²) in [4.78, 5) is 28.3. The molecule has 3 aliphatic heterocycles. The smallest absolute Gasteiger partial charge is 0.245 e. The molecule has 2 unspecified atom stereocenters. The molecule has 3 saturated heterocycles. The van der Waals surface area contributed by atoms with E-state index in [1.807, 2.05) is 4.90 Å². The molecule has 112 valence electrons. The van der Waals surface area contributed by atoms with E-state index in [2.05, 4.69) is 0 Å². The third-order valence-corrected chi connectivity index (χ3v) is 4.74. The summed E-state index contributed by atoms with van der Waals surface area (Å²) in [6.07, 6.45) is 2.94. The molecule has 0 bridgehead atoms. The zero-order chi connectivity index (χ0) is 14.2. The van der Waals surface area contributed by atoms with Gasteiger partial charge in [0.05, 0.1) is 13.2 Å². The second-order valence-corrected chi connectivity index (χ2v) is 5.94. The van der Waals surface area contributed by atoms with E-state index in [0.29, 0.717) is 32.7 Å². The number of carbonyl (C=O) groups excluding carboxylic acids is 2. The van der Waals surface area contributed by atoms with Gasteiger partial charge in [-0.1, -0.05) is 0 Å². The summed E-state index contributed by atoms with van der Waals surface area (Å²) in [7, 11) is 1.67. The molecule has 2 atom stereocenters. The predicted molar refractivity (Wildman–Crippen MR) is 71.1 cm³/mol. The third-order valence-electron chi connectivity index (χ3n) is 4.74. The Labute approximate surface area is 119 Å². The van der Waals surface area contributed by atoms with Crippen LogP contribution in [-0.4, -0.2) is 73.2 Å². The average molecular weight is 282 g/mol. The molecule has 3 heterocycles. The van der Waals surface area contributed by atoms with E-state index in [9.17, 15) is 9.59 Å². The quantitative estimate of drug-likeness (QED) is 0.732. The number of hydrogen-bond acceptors (Lipinski definition) is 4. The van der Waals surface area contributed by atoms with Crippen molar-refractivity contribution in [1.29, 1.82) is 0 Å². The number of fused-ring (bicyclic) bond motifs is 1. The van der Waals surface area contributed by atoms with Gasteiger partial charge in [-0.3, -0.25) is 9.59 Å². The predicted octanol–water partition coefficient (Wildman–Crippen LogP) is 0.0152. The number of hydrogen-bond donors (Lipinski definition) is 0. The molecule has 2 amide bonds. The van der Waals surface area contributed by atoms with E-state index in [1.165, 1.54) is 0 Å². The molecule has 3 rings (SSSR count). The number of methoxy groups -OCH3 is 1. The lowest BCUT2D eigenvalue weighted by atomic mass is 10.0. The Balaban J connectivity index is 1.75. The first-order chi connectivity index (χ1) is 9.65. The molecule has 0 aliphatic carbocycles. The van der Waals surface area contributed by atoms with E-state index in [1.54, 1.807) is 12.0 Å². The van der Waals surface area contributed by atoms with Gasteiger partial charge in [0.25, 0.3) is 0 Å². The van der Waals surface area contributed by atoms with E-state index in [-0.39, 0.29) is 17.9 Å². The second-order valence-electron chi connectivity index (χ2n) is 5.94. The number of carbonyl (C=O) groups is 2. The van der Waals surface area contributed by atoms with Gasteiger partial charge in [0, 0.05) is 39.6 Å². The fourth-order valence-corrected chi connectivity index (χ4v) is 3.46. The first kappa shape index (κ1) is 13.8. The highest BCUT2D eigenvalue weighted by molar-refractivity contribution is 5.90. The topological polar surface area (TPSA) is 59.1 Å². The lowest BCUT2D eigenvalue weighted by Crippen LogP contribution is -2.51. The van der Waals surface area contributed by atoms with Crippen LogP contribution >= 0.6 is 0 Å². The van der Waals surface area contributed by atoms with Crippen LogP contribution in [0.5, 0.6) is 0 Å². The normalized spacial score (nSPS) is 34.5. The molecule has 0 N–H and O–H groups in total. The Morgan fingerprint density at radius 1 is 1.40 bits per heavy atom. The Kier molecular flexibility index (Phi) is 3.69. The molecule has 6 nitrogen and oxygen atoms in total. The molecule has 3 aliphatic rings. The minimum absolute atomic E-state index is 0.0803. The minimum Gasteiger partial charge on any atom is -0.378 e. The van der Waals surface area contributed by atoms with E-state index >= 15 is 0 Å². The summed E-state index contributed by atoms with van der Waals surface area (Å²) in [5.41, 5.74) is -0.396. The van der Waals surface area contributed by atoms with Gasteiger partial charge in [-0.25, -0.2) is 0 Å². The first-order valence-corrected chi connectivity index (χ1v) is 7.36. The largest absolute Gasteiger partial charge is 0.378 e. The molecule has 0 aromatic rings. The lowest BCUT2D eigenvalue weighted by molar-refractivity contribution is -0.142. The Bertz CT molecular complexity index is 406. The monoisotopic (exact) mass is 282 g/mol. The molecule has 3 fully saturated rings.